The SMILES string of the molecule is CCOc1ccc(NC(=O)/C(C#N)=C/c2ccc(N3CCCCC3)cc2)cc1. The standard InChI is InChI=1S/C23H25N3O2/c1-2-28-22-12-8-20(9-13-22)25-23(27)19(17-24)16-18-6-10-21(11-7-18)26-14-4-3-5-15-26/h6-13,16H,2-5,14-15H2,1H3,(H,25,27)/b19-16+. The van der Waals surface area contributed by atoms with Gasteiger partial charge in [0.1, 0.15) is 17.4 Å². The molecule has 0 spiro atoms. The van der Waals surface area contributed by atoms with Crippen LogP contribution in [-0.4, -0.2) is 25.6 Å². The van der Waals surface area contributed by atoms with Gasteiger partial charge in [0.2, 0.25) is 0 Å². The molecule has 28 heavy (non-hydrogen) atoms. The van der Waals surface area contributed by atoms with E-state index >= 15 is 0 Å². The van der Waals surface area contributed by atoms with Crippen LogP contribution < -0.4 is 15.0 Å². The summed E-state index contributed by atoms with van der Waals surface area (Å²) < 4.78 is 5.39. The van der Waals surface area contributed by atoms with Crippen LogP contribution in [0.5, 0.6) is 5.75 Å². The van der Waals surface area contributed by atoms with Crippen molar-refractivity contribution in [1.29, 1.82) is 5.26 Å². The van der Waals surface area contributed by atoms with Crippen LogP contribution in [0.3, 0.4) is 0 Å². The molecule has 0 unspecified atom stereocenters. The first kappa shape index (κ1) is 19.5. The molecule has 5 nitrogen and oxygen atoms in total. The van der Waals surface area contributed by atoms with Crippen molar-refractivity contribution in [3.63, 3.8) is 0 Å². The molecule has 0 bridgehead atoms. The summed E-state index contributed by atoms with van der Waals surface area (Å²) in [6.07, 6.45) is 5.37. The molecule has 1 N–H and O–H groups in total. The lowest BCUT2D eigenvalue weighted by Crippen LogP contribution is -2.29. The molecule has 1 fully saturated rings. The number of ether oxygens (including phenoxy) is 1. The highest BCUT2D eigenvalue weighted by atomic mass is 16.5. The Morgan fingerprint density at radius 1 is 1.11 bits per heavy atom. The minimum Gasteiger partial charge on any atom is -0.494 e. The van der Waals surface area contributed by atoms with Crippen molar-refractivity contribution in [2.45, 2.75) is 26.2 Å². The van der Waals surface area contributed by atoms with Gasteiger partial charge >= 0.3 is 0 Å². The fourth-order valence-corrected chi connectivity index (χ4v) is 3.25. The summed E-state index contributed by atoms with van der Waals surface area (Å²) in [5.74, 6) is 0.317. The lowest BCUT2D eigenvalue weighted by atomic mass is 10.1. The molecule has 0 aromatic heterocycles. The second kappa shape index (κ2) is 9.61. The van der Waals surface area contributed by atoms with E-state index in [1.807, 2.05) is 25.1 Å². The van der Waals surface area contributed by atoms with Crippen LogP contribution in [0.4, 0.5) is 11.4 Å². The number of nitrogens with zero attached hydrogens (tertiary/aromatic N) is 2. The Balaban J connectivity index is 1.66. The number of nitriles is 1. The van der Waals surface area contributed by atoms with Gasteiger partial charge in [0.15, 0.2) is 0 Å². The number of nitrogens with one attached hydrogen (secondary N) is 1. The maximum atomic E-state index is 12.4. The first-order valence-corrected chi connectivity index (χ1v) is 9.70. The lowest BCUT2D eigenvalue weighted by Gasteiger charge is -2.28. The van der Waals surface area contributed by atoms with E-state index in [1.54, 1.807) is 30.3 Å². The number of piperidine rings is 1. The van der Waals surface area contributed by atoms with Crippen LogP contribution in [0.15, 0.2) is 54.1 Å². The summed E-state index contributed by atoms with van der Waals surface area (Å²) >= 11 is 0. The molecule has 2 aromatic rings. The number of rotatable bonds is 6. The van der Waals surface area contributed by atoms with Gasteiger partial charge in [0.05, 0.1) is 6.61 Å². The van der Waals surface area contributed by atoms with Crippen molar-refractivity contribution in [1.82, 2.24) is 0 Å². The summed E-state index contributed by atoms with van der Waals surface area (Å²) in [6, 6.07) is 17.1. The molecule has 2 aromatic carbocycles. The molecule has 1 aliphatic heterocycles. The summed E-state index contributed by atoms with van der Waals surface area (Å²) in [5, 5.41) is 12.2. The van der Waals surface area contributed by atoms with Crippen molar-refractivity contribution in [2.75, 3.05) is 29.9 Å². The van der Waals surface area contributed by atoms with Crippen LogP contribution in [0.25, 0.3) is 6.08 Å². The summed E-state index contributed by atoms with van der Waals surface area (Å²) in [4.78, 5) is 14.8. The topological polar surface area (TPSA) is 65.4 Å². The number of hydrogen-bond acceptors (Lipinski definition) is 4. The molecular weight excluding hydrogens is 350 g/mol. The van der Waals surface area contributed by atoms with Crippen molar-refractivity contribution in [3.8, 4) is 11.8 Å². The smallest absolute Gasteiger partial charge is 0.266 e. The average Bonchev–Trinajstić information content (AvgIpc) is 2.74. The van der Waals surface area contributed by atoms with Crippen LogP contribution in [-0.2, 0) is 4.79 Å². The number of carbonyl (C=O) groups is 1. The molecule has 1 amide bonds. The number of benzene rings is 2. The molecule has 3 rings (SSSR count). The maximum absolute atomic E-state index is 12.4. The minimum atomic E-state index is -0.424. The van der Waals surface area contributed by atoms with Gasteiger partial charge in [-0.1, -0.05) is 12.1 Å². The van der Waals surface area contributed by atoms with Gasteiger partial charge in [0, 0.05) is 24.5 Å². The van der Waals surface area contributed by atoms with Crippen molar-refractivity contribution >= 4 is 23.4 Å². The van der Waals surface area contributed by atoms with Crippen molar-refractivity contribution in [2.24, 2.45) is 0 Å². The predicted octanol–water partition coefficient (Wildman–Crippen LogP) is 4.62. The van der Waals surface area contributed by atoms with Gasteiger partial charge in [-0.3, -0.25) is 4.79 Å². The monoisotopic (exact) mass is 375 g/mol. The van der Waals surface area contributed by atoms with Gasteiger partial charge in [0.25, 0.3) is 5.91 Å². The molecule has 1 aliphatic rings. The van der Waals surface area contributed by atoms with Crippen LogP contribution in [0, 0.1) is 11.3 Å². The molecule has 0 aliphatic carbocycles. The van der Waals surface area contributed by atoms with Gasteiger partial charge in [-0.25, -0.2) is 0 Å². The Bertz CT molecular complexity index is 858. The van der Waals surface area contributed by atoms with Gasteiger partial charge in [-0.05, 0) is 74.2 Å². The third kappa shape index (κ3) is 5.14. The molecule has 0 saturated carbocycles. The zero-order chi connectivity index (χ0) is 19.8. The van der Waals surface area contributed by atoms with Gasteiger partial charge in [-0.15, -0.1) is 0 Å². The molecule has 1 heterocycles. The molecule has 1 saturated heterocycles. The third-order valence-corrected chi connectivity index (χ3v) is 4.71. The van der Waals surface area contributed by atoms with E-state index < -0.39 is 5.91 Å². The second-order valence-electron chi connectivity index (χ2n) is 6.72. The van der Waals surface area contributed by atoms with Gasteiger partial charge in [-0.2, -0.15) is 5.26 Å². The van der Waals surface area contributed by atoms with E-state index in [0.29, 0.717) is 12.3 Å². The quantitative estimate of drug-likeness (QED) is 0.591. The Kier molecular flexibility index (Phi) is 6.69. The highest BCUT2D eigenvalue weighted by molar-refractivity contribution is 6.09. The van der Waals surface area contributed by atoms with E-state index in [9.17, 15) is 10.1 Å². The highest BCUT2D eigenvalue weighted by Gasteiger charge is 2.12. The van der Waals surface area contributed by atoms with Gasteiger partial charge < -0.3 is 15.0 Å². The summed E-state index contributed by atoms with van der Waals surface area (Å²) in [6.45, 7) is 4.68. The molecule has 5 heteroatoms. The van der Waals surface area contributed by atoms with Crippen LogP contribution in [0.1, 0.15) is 31.7 Å². The minimum absolute atomic E-state index is 0.0691. The predicted molar refractivity (Wildman–Crippen MR) is 112 cm³/mol. The van der Waals surface area contributed by atoms with Crippen molar-refractivity contribution in [3.05, 3.63) is 59.7 Å². The van der Waals surface area contributed by atoms with E-state index in [0.717, 1.165) is 24.4 Å². The Morgan fingerprint density at radius 2 is 1.79 bits per heavy atom. The number of anilines is 2. The first-order chi connectivity index (χ1) is 13.7. The summed E-state index contributed by atoms with van der Waals surface area (Å²) in [5.41, 5.74) is 2.71. The zero-order valence-electron chi connectivity index (χ0n) is 16.1. The number of hydrogen-bond donors (Lipinski definition) is 1. The fraction of sp³-hybridized carbons (Fsp3) is 0.304. The van der Waals surface area contributed by atoms with Crippen LogP contribution >= 0.6 is 0 Å². The fourth-order valence-electron chi connectivity index (χ4n) is 3.25. The first-order valence-electron chi connectivity index (χ1n) is 9.70. The van der Waals surface area contributed by atoms with E-state index in [2.05, 4.69) is 22.3 Å². The summed E-state index contributed by atoms with van der Waals surface area (Å²) in [7, 11) is 0. The molecule has 144 valence electrons. The van der Waals surface area contributed by atoms with E-state index in [4.69, 9.17) is 4.74 Å². The zero-order valence-corrected chi connectivity index (χ0v) is 16.1. The molecular formula is C23H25N3O2. The van der Waals surface area contributed by atoms with E-state index in [-0.39, 0.29) is 5.57 Å². The normalized spacial score (nSPS) is 14.3. The van der Waals surface area contributed by atoms with Crippen molar-refractivity contribution < 1.29 is 9.53 Å². The number of carbonyl (C=O) groups excluding carboxylic acids is 1. The molecule has 0 radical (unpaired) electrons. The Morgan fingerprint density at radius 3 is 2.39 bits per heavy atom. The maximum Gasteiger partial charge on any atom is 0.266 e. The Labute approximate surface area is 166 Å². The average molecular weight is 375 g/mol. The molecule has 0 atom stereocenters. The second-order valence-corrected chi connectivity index (χ2v) is 6.72. The lowest BCUT2D eigenvalue weighted by molar-refractivity contribution is -0.112. The largest absolute Gasteiger partial charge is 0.494 e. The highest BCUT2D eigenvalue weighted by Crippen LogP contribution is 2.21. The van der Waals surface area contributed by atoms with Crippen LogP contribution in [0.2, 0.25) is 0 Å². The third-order valence-electron chi connectivity index (χ3n) is 4.71. The Hall–Kier alpha value is -3.26. The van der Waals surface area contributed by atoms with E-state index in [1.165, 1.54) is 24.9 Å². The number of amides is 1.